The first-order valence-corrected chi connectivity index (χ1v) is 9.81. The van der Waals surface area contributed by atoms with E-state index in [1.807, 2.05) is 36.5 Å². The van der Waals surface area contributed by atoms with Gasteiger partial charge in [0.1, 0.15) is 17.7 Å². The molecule has 146 valence electrons. The van der Waals surface area contributed by atoms with Crippen molar-refractivity contribution in [3.63, 3.8) is 0 Å². The number of piperidine rings is 1. The van der Waals surface area contributed by atoms with E-state index in [0.717, 1.165) is 36.4 Å². The Morgan fingerprint density at radius 1 is 1.00 bits per heavy atom. The number of aromatic nitrogens is 3. The quantitative estimate of drug-likeness (QED) is 0.597. The predicted octanol–water partition coefficient (Wildman–Crippen LogP) is 3.57. The molecule has 0 saturated carbocycles. The van der Waals surface area contributed by atoms with Crippen LogP contribution in [0.5, 0.6) is 0 Å². The Bertz CT molecular complexity index is 974. The van der Waals surface area contributed by atoms with Crippen LogP contribution in [0, 0.1) is 17.2 Å². The van der Waals surface area contributed by atoms with Crippen molar-refractivity contribution in [3.8, 4) is 17.2 Å². The van der Waals surface area contributed by atoms with Crippen molar-refractivity contribution < 1.29 is 0 Å². The monoisotopic (exact) mass is 385 g/mol. The lowest BCUT2D eigenvalue weighted by Crippen LogP contribution is -2.31. The van der Waals surface area contributed by atoms with Gasteiger partial charge in [-0.1, -0.05) is 30.3 Å². The van der Waals surface area contributed by atoms with Crippen LogP contribution in [0.1, 0.15) is 18.5 Å². The summed E-state index contributed by atoms with van der Waals surface area (Å²) < 4.78 is 0. The molecular formula is C22H23N7. The van der Waals surface area contributed by atoms with Gasteiger partial charge < -0.3 is 16.0 Å². The summed E-state index contributed by atoms with van der Waals surface area (Å²) in [6, 6.07) is 14.2. The number of hydrogen-bond donors (Lipinski definition) is 3. The minimum Gasteiger partial charge on any atom is -0.384 e. The molecule has 7 heteroatoms. The number of nitrogens with one attached hydrogen (secondary N) is 3. The van der Waals surface area contributed by atoms with Gasteiger partial charge in [0.25, 0.3) is 0 Å². The lowest BCUT2D eigenvalue weighted by atomic mass is 9.97. The maximum Gasteiger partial charge on any atom is 0.158 e. The molecule has 3 aromatic rings. The summed E-state index contributed by atoms with van der Waals surface area (Å²) in [5.74, 6) is 1.89. The highest BCUT2D eigenvalue weighted by Crippen LogP contribution is 2.30. The molecule has 0 amide bonds. The third-order valence-electron chi connectivity index (χ3n) is 5.05. The molecule has 0 bridgehead atoms. The summed E-state index contributed by atoms with van der Waals surface area (Å²) in [4.78, 5) is 12.8. The summed E-state index contributed by atoms with van der Waals surface area (Å²) >= 11 is 0. The second kappa shape index (κ2) is 9.13. The SMILES string of the molecule is N#Cc1cnc(Nc2cc(NCC3CCNCC3)c(-c3ccccc3)cn2)cn1. The zero-order valence-electron chi connectivity index (χ0n) is 16.1. The van der Waals surface area contributed by atoms with Crippen molar-refractivity contribution >= 4 is 17.3 Å². The van der Waals surface area contributed by atoms with Crippen molar-refractivity contribution in [1.82, 2.24) is 20.3 Å². The first-order valence-electron chi connectivity index (χ1n) is 9.81. The minimum atomic E-state index is 0.285. The first kappa shape index (κ1) is 18.8. The van der Waals surface area contributed by atoms with Gasteiger partial charge in [0.05, 0.1) is 12.4 Å². The first-order chi connectivity index (χ1) is 14.3. The second-order valence-corrected chi connectivity index (χ2v) is 7.08. The van der Waals surface area contributed by atoms with E-state index in [4.69, 9.17) is 5.26 Å². The van der Waals surface area contributed by atoms with Gasteiger partial charge in [-0.25, -0.2) is 15.0 Å². The van der Waals surface area contributed by atoms with Crippen molar-refractivity contribution in [1.29, 1.82) is 5.26 Å². The molecule has 1 aliphatic rings. The molecular weight excluding hydrogens is 362 g/mol. The Morgan fingerprint density at radius 2 is 1.79 bits per heavy atom. The van der Waals surface area contributed by atoms with E-state index >= 15 is 0 Å². The zero-order chi connectivity index (χ0) is 19.9. The van der Waals surface area contributed by atoms with E-state index in [2.05, 4.69) is 43.0 Å². The van der Waals surface area contributed by atoms with E-state index in [1.165, 1.54) is 25.2 Å². The van der Waals surface area contributed by atoms with E-state index in [9.17, 15) is 0 Å². The summed E-state index contributed by atoms with van der Waals surface area (Å²) in [7, 11) is 0. The summed E-state index contributed by atoms with van der Waals surface area (Å²) in [6.07, 6.45) is 7.22. The Morgan fingerprint density at radius 3 is 2.52 bits per heavy atom. The zero-order valence-corrected chi connectivity index (χ0v) is 16.1. The van der Waals surface area contributed by atoms with E-state index in [1.54, 1.807) is 0 Å². The van der Waals surface area contributed by atoms with Crippen LogP contribution < -0.4 is 16.0 Å². The van der Waals surface area contributed by atoms with Crippen molar-refractivity contribution in [2.24, 2.45) is 5.92 Å². The molecule has 3 heterocycles. The average Bonchev–Trinajstić information content (AvgIpc) is 2.79. The molecule has 29 heavy (non-hydrogen) atoms. The van der Waals surface area contributed by atoms with Crippen LogP contribution in [0.25, 0.3) is 11.1 Å². The number of rotatable bonds is 6. The fourth-order valence-corrected chi connectivity index (χ4v) is 3.44. The molecule has 0 radical (unpaired) electrons. The number of pyridine rings is 1. The second-order valence-electron chi connectivity index (χ2n) is 7.08. The van der Waals surface area contributed by atoms with Crippen LogP contribution in [0.4, 0.5) is 17.3 Å². The van der Waals surface area contributed by atoms with Crippen LogP contribution >= 0.6 is 0 Å². The maximum absolute atomic E-state index is 8.86. The van der Waals surface area contributed by atoms with Crippen molar-refractivity contribution in [2.45, 2.75) is 12.8 Å². The fourth-order valence-electron chi connectivity index (χ4n) is 3.44. The van der Waals surface area contributed by atoms with Crippen LogP contribution in [0.2, 0.25) is 0 Å². The highest BCUT2D eigenvalue weighted by atomic mass is 15.1. The lowest BCUT2D eigenvalue weighted by molar-refractivity contribution is 0.390. The Hall–Kier alpha value is -3.50. The van der Waals surface area contributed by atoms with Gasteiger partial charge >= 0.3 is 0 Å². The molecule has 0 spiro atoms. The van der Waals surface area contributed by atoms with Gasteiger partial charge in [-0.2, -0.15) is 5.26 Å². The van der Waals surface area contributed by atoms with Crippen LogP contribution in [-0.4, -0.2) is 34.6 Å². The molecule has 7 nitrogen and oxygen atoms in total. The molecule has 0 aliphatic carbocycles. The van der Waals surface area contributed by atoms with Gasteiger partial charge in [-0.05, 0) is 37.4 Å². The van der Waals surface area contributed by atoms with Crippen LogP contribution in [0.3, 0.4) is 0 Å². The van der Waals surface area contributed by atoms with E-state index in [0.29, 0.717) is 17.6 Å². The number of hydrogen-bond acceptors (Lipinski definition) is 7. The minimum absolute atomic E-state index is 0.285. The standard InChI is InChI=1S/C22H23N7/c23-11-18-13-27-22(15-25-18)29-21-10-20(26-12-16-6-8-24-9-7-16)19(14-28-21)17-4-2-1-3-5-17/h1-5,10,13-16,24H,6-9,12H2,(H2,26,27,28,29). The predicted molar refractivity (Wildman–Crippen MR) is 114 cm³/mol. The normalized spacial score (nSPS) is 14.2. The van der Waals surface area contributed by atoms with E-state index < -0.39 is 0 Å². The molecule has 0 unspecified atom stereocenters. The van der Waals surface area contributed by atoms with E-state index in [-0.39, 0.29) is 5.69 Å². The summed E-state index contributed by atoms with van der Waals surface area (Å²) in [5.41, 5.74) is 3.51. The van der Waals surface area contributed by atoms with Gasteiger partial charge in [0, 0.05) is 30.1 Å². The van der Waals surface area contributed by atoms with Gasteiger partial charge in [0.2, 0.25) is 0 Å². The topological polar surface area (TPSA) is 98.5 Å². The highest BCUT2D eigenvalue weighted by Gasteiger charge is 2.14. The van der Waals surface area contributed by atoms with Gasteiger partial charge in [-0.15, -0.1) is 0 Å². The number of benzene rings is 1. The molecule has 0 atom stereocenters. The highest BCUT2D eigenvalue weighted by molar-refractivity contribution is 5.79. The molecule has 2 aromatic heterocycles. The summed E-state index contributed by atoms with van der Waals surface area (Å²) in [6.45, 7) is 3.10. The molecule has 1 fully saturated rings. The molecule has 1 saturated heterocycles. The van der Waals surface area contributed by atoms with Crippen LogP contribution in [0.15, 0.2) is 55.0 Å². The van der Waals surface area contributed by atoms with Crippen molar-refractivity contribution in [2.75, 3.05) is 30.3 Å². The molecule has 4 rings (SSSR count). The van der Waals surface area contributed by atoms with Crippen LogP contribution in [-0.2, 0) is 0 Å². The summed E-state index contributed by atoms with van der Waals surface area (Å²) in [5, 5.41) is 19.1. The van der Waals surface area contributed by atoms with Gasteiger partial charge in [0.15, 0.2) is 5.69 Å². The maximum atomic E-state index is 8.86. The lowest BCUT2D eigenvalue weighted by Gasteiger charge is -2.24. The Labute approximate surface area is 170 Å². The Balaban J connectivity index is 1.57. The smallest absolute Gasteiger partial charge is 0.158 e. The largest absolute Gasteiger partial charge is 0.384 e. The molecule has 1 aliphatic heterocycles. The number of anilines is 3. The molecule has 1 aromatic carbocycles. The third-order valence-corrected chi connectivity index (χ3v) is 5.05. The van der Waals surface area contributed by atoms with Crippen molar-refractivity contribution in [3.05, 3.63) is 60.7 Å². The van der Waals surface area contributed by atoms with Gasteiger partial charge in [-0.3, -0.25) is 0 Å². The third kappa shape index (κ3) is 4.86. The Kier molecular flexibility index (Phi) is 5.93. The fraction of sp³-hybridized carbons (Fsp3) is 0.273. The molecule has 3 N–H and O–H groups in total. The average molecular weight is 385 g/mol. The number of nitriles is 1. The number of nitrogens with zero attached hydrogens (tertiary/aromatic N) is 4.